The van der Waals surface area contributed by atoms with Gasteiger partial charge in [-0.05, 0) is 24.3 Å². The molecule has 21 heavy (non-hydrogen) atoms. The van der Waals surface area contributed by atoms with Crippen molar-refractivity contribution in [3.8, 4) is 5.75 Å². The monoisotopic (exact) mass is 325 g/mol. The lowest BCUT2D eigenvalue weighted by molar-refractivity contribution is -0.385. The Morgan fingerprint density at radius 2 is 2.00 bits per heavy atom. The Kier molecular flexibility index (Phi) is 4.62. The van der Waals surface area contributed by atoms with Crippen LogP contribution < -0.4 is 5.43 Å². The lowest BCUT2D eigenvalue weighted by Gasteiger charge is -2.02. The molecule has 0 spiro atoms. The number of nitrogens with zero attached hydrogens (tertiary/aromatic N) is 2. The van der Waals surface area contributed by atoms with Crippen LogP contribution in [0.2, 0.25) is 10.0 Å². The summed E-state index contributed by atoms with van der Waals surface area (Å²) in [5.41, 5.74) is 2.97. The fourth-order valence-electron chi connectivity index (χ4n) is 1.58. The van der Waals surface area contributed by atoms with E-state index >= 15 is 0 Å². The average molecular weight is 326 g/mol. The molecule has 0 unspecified atom stereocenters. The molecule has 0 heterocycles. The Hall–Kier alpha value is -2.31. The van der Waals surface area contributed by atoms with Gasteiger partial charge in [-0.15, -0.1) is 0 Å². The van der Waals surface area contributed by atoms with Gasteiger partial charge in [0.2, 0.25) is 5.75 Å². The molecule has 8 heteroatoms. The minimum Gasteiger partial charge on any atom is -0.502 e. The molecular weight excluding hydrogens is 317 g/mol. The van der Waals surface area contributed by atoms with Crippen LogP contribution in [0.3, 0.4) is 0 Å². The minimum atomic E-state index is -0.719. The summed E-state index contributed by atoms with van der Waals surface area (Å²) < 4.78 is 0. The Labute approximate surface area is 129 Å². The molecule has 0 aromatic heterocycles. The molecule has 0 amide bonds. The zero-order chi connectivity index (χ0) is 15.4. The largest absolute Gasteiger partial charge is 0.502 e. The van der Waals surface area contributed by atoms with Gasteiger partial charge in [0.25, 0.3) is 0 Å². The summed E-state index contributed by atoms with van der Waals surface area (Å²) in [5, 5.41) is 25.1. The van der Waals surface area contributed by atoms with E-state index in [1.54, 1.807) is 24.3 Å². The molecule has 0 atom stereocenters. The molecule has 0 aliphatic rings. The molecule has 0 aliphatic carbocycles. The first-order valence-electron chi connectivity index (χ1n) is 5.69. The Morgan fingerprint density at radius 1 is 1.24 bits per heavy atom. The van der Waals surface area contributed by atoms with Gasteiger partial charge in [0, 0.05) is 21.7 Å². The summed E-state index contributed by atoms with van der Waals surface area (Å²) in [5.74, 6) is -0.499. The molecule has 108 valence electrons. The molecule has 2 rings (SSSR count). The van der Waals surface area contributed by atoms with Gasteiger partial charge in [-0.3, -0.25) is 15.5 Å². The van der Waals surface area contributed by atoms with Crippen molar-refractivity contribution in [3.05, 3.63) is 62.1 Å². The number of nitro benzene ring substituents is 1. The van der Waals surface area contributed by atoms with Crippen molar-refractivity contribution in [3.63, 3.8) is 0 Å². The molecule has 0 fully saturated rings. The van der Waals surface area contributed by atoms with E-state index in [0.717, 1.165) is 6.07 Å². The van der Waals surface area contributed by atoms with Crippen LogP contribution in [-0.4, -0.2) is 16.2 Å². The SMILES string of the molecule is O=[N+]([O-])c1cc(Cl)cc(C=NNc2cccc(Cl)c2)c1O. The Bertz CT molecular complexity index is 720. The second-order valence-corrected chi connectivity index (χ2v) is 4.87. The number of hydrazone groups is 1. The Balaban J connectivity index is 2.23. The van der Waals surface area contributed by atoms with Crippen LogP contribution >= 0.6 is 23.2 Å². The highest BCUT2D eigenvalue weighted by atomic mass is 35.5. The summed E-state index contributed by atoms with van der Waals surface area (Å²) in [4.78, 5) is 10.1. The maximum atomic E-state index is 10.8. The predicted octanol–water partition coefficient (Wildman–Crippen LogP) is 4.05. The van der Waals surface area contributed by atoms with Gasteiger partial charge in [-0.2, -0.15) is 5.10 Å². The second kappa shape index (κ2) is 6.43. The summed E-state index contributed by atoms with van der Waals surface area (Å²) in [6, 6.07) is 9.28. The smallest absolute Gasteiger partial charge is 0.312 e. The van der Waals surface area contributed by atoms with E-state index in [9.17, 15) is 15.2 Å². The van der Waals surface area contributed by atoms with Gasteiger partial charge in [0.1, 0.15) is 0 Å². The summed E-state index contributed by atoms with van der Waals surface area (Å²) in [6.45, 7) is 0. The van der Waals surface area contributed by atoms with Crippen LogP contribution in [0.4, 0.5) is 11.4 Å². The highest BCUT2D eigenvalue weighted by molar-refractivity contribution is 6.31. The molecule has 0 aliphatic heterocycles. The number of halogens is 2. The number of phenolic OH excluding ortho intramolecular Hbond substituents is 1. The van der Waals surface area contributed by atoms with E-state index in [4.69, 9.17) is 23.2 Å². The van der Waals surface area contributed by atoms with Crippen molar-refractivity contribution in [2.45, 2.75) is 0 Å². The van der Waals surface area contributed by atoms with Gasteiger partial charge in [-0.25, -0.2) is 0 Å². The van der Waals surface area contributed by atoms with E-state index in [1.807, 2.05) is 0 Å². The van der Waals surface area contributed by atoms with Crippen LogP contribution in [-0.2, 0) is 0 Å². The highest BCUT2D eigenvalue weighted by Crippen LogP contribution is 2.32. The van der Waals surface area contributed by atoms with E-state index in [1.165, 1.54) is 12.3 Å². The fraction of sp³-hybridized carbons (Fsp3) is 0. The maximum absolute atomic E-state index is 10.8. The van der Waals surface area contributed by atoms with Gasteiger partial charge >= 0.3 is 5.69 Å². The van der Waals surface area contributed by atoms with Gasteiger partial charge in [0.05, 0.1) is 16.8 Å². The number of anilines is 1. The first-order chi connectivity index (χ1) is 9.97. The number of rotatable bonds is 4. The predicted molar refractivity (Wildman–Crippen MR) is 82.4 cm³/mol. The van der Waals surface area contributed by atoms with Crippen LogP contribution in [0, 0.1) is 10.1 Å². The third kappa shape index (κ3) is 3.84. The van der Waals surface area contributed by atoms with Gasteiger partial charge < -0.3 is 5.11 Å². The lowest BCUT2D eigenvalue weighted by atomic mass is 10.2. The molecule has 0 radical (unpaired) electrons. The van der Waals surface area contributed by atoms with Gasteiger partial charge in [-0.1, -0.05) is 29.3 Å². The van der Waals surface area contributed by atoms with E-state index in [2.05, 4.69) is 10.5 Å². The first-order valence-corrected chi connectivity index (χ1v) is 6.44. The maximum Gasteiger partial charge on any atom is 0.312 e. The number of nitro groups is 1. The number of nitrogens with one attached hydrogen (secondary N) is 1. The van der Waals surface area contributed by atoms with E-state index in [-0.39, 0.29) is 10.6 Å². The third-order valence-electron chi connectivity index (χ3n) is 2.50. The van der Waals surface area contributed by atoms with Crippen molar-refractivity contribution in [2.24, 2.45) is 5.10 Å². The second-order valence-electron chi connectivity index (χ2n) is 4.00. The molecule has 2 aromatic rings. The average Bonchev–Trinajstić information content (AvgIpc) is 2.42. The fourth-order valence-corrected chi connectivity index (χ4v) is 1.99. The zero-order valence-electron chi connectivity index (χ0n) is 10.5. The summed E-state index contributed by atoms with van der Waals surface area (Å²) in [6.07, 6.45) is 1.23. The lowest BCUT2D eigenvalue weighted by Crippen LogP contribution is -1.94. The Morgan fingerprint density at radius 3 is 2.67 bits per heavy atom. The van der Waals surface area contributed by atoms with Crippen molar-refractivity contribution in [1.29, 1.82) is 0 Å². The van der Waals surface area contributed by atoms with Crippen LogP contribution in [0.15, 0.2) is 41.5 Å². The van der Waals surface area contributed by atoms with Crippen molar-refractivity contribution < 1.29 is 10.0 Å². The van der Waals surface area contributed by atoms with Crippen molar-refractivity contribution in [2.75, 3.05) is 5.43 Å². The molecule has 0 saturated heterocycles. The van der Waals surface area contributed by atoms with Crippen LogP contribution in [0.1, 0.15) is 5.56 Å². The molecule has 0 saturated carbocycles. The van der Waals surface area contributed by atoms with Crippen molar-refractivity contribution in [1.82, 2.24) is 0 Å². The molecule has 6 nitrogen and oxygen atoms in total. The standard InChI is InChI=1S/C13H9Cl2N3O3/c14-9-2-1-3-11(5-9)17-16-7-8-4-10(15)6-12(13(8)19)18(20)21/h1-7,17,19H. The molecule has 2 N–H and O–H groups in total. The van der Waals surface area contributed by atoms with Crippen LogP contribution in [0.25, 0.3) is 0 Å². The van der Waals surface area contributed by atoms with E-state index < -0.39 is 16.4 Å². The van der Waals surface area contributed by atoms with E-state index in [0.29, 0.717) is 10.7 Å². The molecular formula is C13H9Cl2N3O3. The zero-order valence-corrected chi connectivity index (χ0v) is 12.0. The number of benzene rings is 2. The van der Waals surface area contributed by atoms with Crippen LogP contribution in [0.5, 0.6) is 5.75 Å². The molecule has 0 bridgehead atoms. The number of aromatic hydroxyl groups is 1. The highest BCUT2D eigenvalue weighted by Gasteiger charge is 2.17. The van der Waals surface area contributed by atoms with Crippen molar-refractivity contribution >= 4 is 40.8 Å². The first kappa shape index (κ1) is 15.1. The number of hydrogen-bond donors (Lipinski definition) is 2. The summed E-state index contributed by atoms with van der Waals surface area (Å²) in [7, 11) is 0. The minimum absolute atomic E-state index is 0.128. The molecule has 2 aromatic carbocycles. The quantitative estimate of drug-likeness (QED) is 0.504. The normalized spacial score (nSPS) is 10.8. The third-order valence-corrected chi connectivity index (χ3v) is 2.96. The number of hydrogen-bond acceptors (Lipinski definition) is 5. The summed E-state index contributed by atoms with van der Waals surface area (Å²) >= 11 is 11.6. The topological polar surface area (TPSA) is 87.8 Å². The number of phenols is 1. The van der Waals surface area contributed by atoms with Gasteiger partial charge in [0.15, 0.2) is 0 Å².